The Morgan fingerprint density at radius 3 is 2.62 bits per heavy atom. The van der Waals surface area contributed by atoms with E-state index in [9.17, 15) is 9.59 Å². The molecule has 3 unspecified atom stereocenters. The van der Waals surface area contributed by atoms with Crippen LogP contribution in [0.3, 0.4) is 0 Å². The summed E-state index contributed by atoms with van der Waals surface area (Å²) < 4.78 is 0. The molecule has 1 aromatic carbocycles. The van der Waals surface area contributed by atoms with Gasteiger partial charge in [-0.15, -0.1) is 0 Å². The van der Waals surface area contributed by atoms with Crippen molar-refractivity contribution in [1.29, 1.82) is 0 Å². The number of hydrogen-bond donors (Lipinski definition) is 3. The lowest BCUT2D eigenvalue weighted by Gasteiger charge is -2.39. The van der Waals surface area contributed by atoms with Crippen molar-refractivity contribution >= 4 is 11.9 Å². The van der Waals surface area contributed by atoms with E-state index in [0.717, 1.165) is 12.0 Å². The second kappa shape index (κ2) is 5.80. The summed E-state index contributed by atoms with van der Waals surface area (Å²) in [5, 5.41) is 6.07. The number of primary amides is 1. The van der Waals surface area contributed by atoms with Gasteiger partial charge in [-0.2, -0.15) is 0 Å². The van der Waals surface area contributed by atoms with Gasteiger partial charge in [-0.1, -0.05) is 32.9 Å². The lowest BCUT2D eigenvalue weighted by molar-refractivity contribution is 0.1000. The van der Waals surface area contributed by atoms with Crippen LogP contribution in [0.5, 0.6) is 0 Å². The van der Waals surface area contributed by atoms with Crippen LogP contribution in [0.15, 0.2) is 24.3 Å². The fourth-order valence-electron chi connectivity index (χ4n) is 4.65. The zero-order valence-electron chi connectivity index (χ0n) is 14.7. The van der Waals surface area contributed by atoms with Crippen molar-refractivity contribution < 1.29 is 9.59 Å². The molecular weight excluding hydrogens is 302 g/mol. The number of hydrogen-bond acceptors (Lipinski definition) is 2. The van der Waals surface area contributed by atoms with E-state index in [1.165, 1.54) is 12.8 Å². The van der Waals surface area contributed by atoms with Crippen LogP contribution >= 0.6 is 0 Å². The van der Waals surface area contributed by atoms with Gasteiger partial charge in [0, 0.05) is 18.2 Å². The average molecular weight is 329 g/mol. The number of nitrogens with two attached hydrogens (primary N) is 1. The van der Waals surface area contributed by atoms with Crippen molar-refractivity contribution in [2.75, 3.05) is 0 Å². The summed E-state index contributed by atoms with van der Waals surface area (Å²) in [6.07, 6.45) is 3.51. The van der Waals surface area contributed by atoms with E-state index in [4.69, 9.17) is 5.73 Å². The molecule has 3 amide bonds. The van der Waals surface area contributed by atoms with Gasteiger partial charge in [0.25, 0.3) is 0 Å². The number of carbonyl (C=O) groups excluding carboxylic acids is 2. The Balaban J connectivity index is 1.58. The Labute approximate surface area is 143 Å². The lowest BCUT2D eigenvalue weighted by atomic mass is 9.69. The second-order valence-electron chi connectivity index (χ2n) is 8.05. The first-order chi connectivity index (χ1) is 11.2. The molecule has 0 heterocycles. The van der Waals surface area contributed by atoms with Crippen LogP contribution in [0.4, 0.5) is 4.79 Å². The molecule has 2 aliphatic carbocycles. The molecule has 4 N–H and O–H groups in total. The van der Waals surface area contributed by atoms with E-state index < -0.39 is 5.91 Å². The number of nitrogens with one attached hydrogen (secondary N) is 2. The summed E-state index contributed by atoms with van der Waals surface area (Å²) >= 11 is 0. The summed E-state index contributed by atoms with van der Waals surface area (Å²) in [4.78, 5) is 23.5. The maximum absolute atomic E-state index is 12.3. The third kappa shape index (κ3) is 2.66. The zero-order valence-corrected chi connectivity index (χ0v) is 14.7. The fourth-order valence-corrected chi connectivity index (χ4v) is 4.65. The van der Waals surface area contributed by atoms with Crippen molar-refractivity contribution in [2.45, 2.75) is 52.6 Å². The van der Waals surface area contributed by atoms with Crippen molar-refractivity contribution in [2.24, 2.45) is 22.5 Å². The van der Waals surface area contributed by atoms with E-state index in [1.54, 1.807) is 18.2 Å². The molecule has 5 heteroatoms. The van der Waals surface area contributed by atoms with Crippen LogP contribution in [-0.4, -0.2) is 18.0 Å². The Kier molecular flexibility index (Phi) is 4.06. The summed E-state index contributed by atoms with van der Waals surface area (Å²) in [5.74, 6) is 0.235. The van der Waals surface area contributed by atoms with Crippen LogP contribution in [0.25, 0.3) is 0 Å². The predicted molar refractivity (Wildman–Crippen MR) is 93.3 cm³/mol. The maximum Gasteiger partial charge on any atom is 0.315 e. The van der Waals surface area contributed by atoms with Gasteiger partial charge in [-0.05, 0) is 53.7 Å². The van der Waals surface area contributed by atoms with E-state index >= 15 is 0 Å². The molecule has 3 rings (SSSR count). The van der Waals surface area contributed by atoms with Gasteiger partial charge >= 0.3 is 6.03 Å². The molecule has 0 radical (unpaired) electrons. The second-order valence-corrected chi connectivity index (χ2v) is 8.05. The summed E-state index contributed by atoms with van der Waals surface area (Å²) in [6, 6.07) is 7.11. The summed E-state index contributed by atoms with van der Waals surface area (Å²) in [5.41, 5.74) is 7.05. The molecule has 2 saturated carbocycles. The third-order valence-corrected chi connectivity index (χ3v) is 6.76. The van der Waals surface area contributed by atoms with Crippen molar-refractivity contribution in [1.82, 2.24) is 10.6 Å². The van der Waals surface area contributed by atoms with E-state index in [0.29, 0.717) is 18.0 Å². The zero-order chi connectivity index (χ0) is 17.5. The van der Waals surface area contributed by atoms with Crippen molar-refractivity contribution in [3.63, 3.8) is 0 Å². The number of benzene rings is 1. The first-order valence-electron chi connectivity index (χ1n) is 8.67. The lowest BCUT2D eigenvalue weighted by Crippen LogP contribution is -2.49. The highest BCUT2D eigenvalue weighted by Crippen LogP contribution is 2.65. The van der Waals surface area contributed by atoms with Gasteiger partial charge in [0.15, 0.2) is 0 Å². The molecule has 130 valence electrons. The Hall–Kier alpha value is -2.04. The number of carbonyl (C=O) groups is 2. The van der Waals surface area contributed by atoms with Gasteiger partial charge in [0.05, 0.1) is 0 Å². The molecule has 2 aliphatic rings. The van der Waals surface area contributed by atoms with Crippen molar-refractivity contribution in [3.8, 4) is 0 Å². The Morgan fingerprint density at radius 2 is 2.04 bits per heavy atom. The smallest absolute Gasteiger partial charge is 0.315 e. The van der Waals surface area contributed by atoms with Crippen LogP contribution in [-0.2, 0) is 6.54 Å². The molecule has 3 atom stereocenters. The molecule has 24 heavy (non-hydrogen) atoms. The predicted octanol–water partition coefficient (Wildman–Crippen LogP) is 2.80. The summed E-state index contributed by atoms with van der Waals surface area (Å²) in [7, 11) is 0. The van der Waals surface area contributed by atoms with Gasteiger partial charge < -0.3 is 16.4 Å². The van der Waals surface area contributed by atoms with Crippen LogP contribution < -0.4 is 16.4 Å². The summed E-state index contributed by atoms with van der Waals surface area (Å²) in [6.45, 7) is 7.35. The SMILES string of the molecule is CC1(C)C2CCC1(C)C(NC(=O)NCc1cccc(C(N)=O)c1)C2. The molecule has 1 aromatic rings. The van der Waals surface area contributed by atoms with Crippen LogP contribution in [0.1, 0.15) is 56.0 Å². The number of urea groups is 1. The molecule has 2 bridgehead atoms. The third-order valence-electron chi connectivity index (χ3n) is 6.76. The Bertz CT molecular complexity index is 670. The number of rotatable bonds is 4. The fraction of sp³-hybridized carbons (Fsp3) is 0.579. The molecule has 0 saturated heterocycles. The Morgan fingerprint density at radius 1 is 1.29 bits per heavy atom. The molecular formula is C19H27N3O2. The maximum atomic E-state index is 12.3. The average Bonchev–Trinajstić information content (AvgIpc) is 2.86. The normalized spacial score (nSPS) is 30.1. The highest BCUT2D eigenvalue weighted by Gasteiger charge is 2.61. The van der Waals surface area contributed by atoms with Crippen LogP contribution in [0, 0.1) is 16.7 Å². The highest BCUT2D eigenvalue weighted by atomic mass is 16.2. The minimum absolute atomic E-state index is 0.144. The first-order valence-corrected chi connectivity index (χ1v) is 8.67. The highest BCUT2D eigenvalue weighted by molar-refractivity contribution is 5.92. The monoisotopic (exact) mass is 329 g/mol. The minimum atomic E-state index is -0.460. The van der Waals surface area contributed by atoms with Gasteiger partial charge in [0.1, 0.15) is 0 Å². The van der Waals surface area contributed by atoms with E-state index in [-0.39, 0.29) is 22.9 Å². The molecule has 0 spiro atoms. The topological polar surface area (TPSA) is 84.2 Å². The van der Waals surface area contributed by atoms with Gasteiger partial charge in [-0.25, -0.2) is 4.79 Å². The van der Waals surface area contributed by atoms with E-state index in [2.05, 4.69) is 31.4 Å². The van der Waals surface area contributed by atoms with Gasteiger partial charge in [-0.3, -0.25) is 4.79 Å². The number of fused-ring (bicyclic) bond motifs is 2. The van der Waals surface area contributed by atoms with Crippen molar-refractivity contribution in [3.05, 3.63) is 35.4 Å². The van der Waals surface area contributed by atoms with E-state index in [1.807, 2.05) is 6.07 Å². The van der Waals surface area contributed by atoms with Gasteiger partial charge in [0.2, 0.25) is 5.91 Å². The minimum Gasteiger partial charge on any atom is -0.366 e. The largest absolute Gasteiger partial charge is 0.366 e. The standard InChI is InChI=1S/C19H27N3O2/c1-18(2)14-7-8-19(18,3)15(10-14)22-17(24)21-11-12-5-4-6-13(9-12)16(20)23/h4-6,9,14-15H,7-8,10-11H2,1-3H3,(H2,20,23)(H2,21,22,24). The molecule has 0 aromatic heterocycles. The quantitative estimate of drug-likeness (QED) is 0.793. The number of amides is 3. The molecule has 5 nitrogen and oxygen atoms in total. The molecule has 2 fully saturated rings. The molecule has 0 aliphatic heterocycles. The first kappa shape index (κ1) is 16.8. The van der Waals surface area contributed by atoms with Crippen LogP contribution in [0.2, 0.25) is 0 Å².